The molecule has 5 heteroatoms. The van der Waals surface area contributed by atoms with Crippen LogP contribution in [0.3, 0.4) is 0 Å². The second-order valence-corrected chi connectivity index (χ2v) is 4.28. The monoisotopic (exact) mass is 265 g/mol. The summed E-state index contributed by atoms with van der Waals surface area (Å²) in [6.07, 6.45) is -0.259. The number of rotatable bonds is 5. The van der Waals surface area contributed by atoms with Crippen LogP contribution >= 0.6 is 0 Å². The Bertz CT molecular complexity index is 483. The van der Waals surface area contributed by atoms with Crippen LogP contribution in [-0.2, 0) is 20.9 Å². The number of ether oxygens (including phenoxy) is 2. The van der Waals surface area contributed by atoms with Gasteiger partial charge in [0.25, 0.3) is 0 Å². The number of amides is 1. The van der Waals surface area contributed by atoms with Crippen LogP contribution < -0.4 is 10.1 Å². The van der Waals surface area contributed by atoms with E-state index in [-0.39, 0.29) is 12.3 Å². The molecule has 0 atom stereocenters. The van der Waals surface area contributed by atoms with Gasteiger partial charge < -0.3 is 14.8 Å². The Morgan fingerprint density at radius 2 is 1.84 bits per heavy atom. The first-order valence-electron chi connectivity index (χ1n) is 5.95. The molecule has 0 aromatic heterocycles. The summed E-state index contributed by atoms with van der Waals surface area (Å²) in [5.41, 5.74) is 3.03. The van der Waals surface area contributed by atoms with Crippen LogP contribution in [0.1, 0.15) is 23.1 Å². The standard InChI is InChI=1S/C14H19NO4/c1-9-6-12(18-3)10(2)5-11(9)8-15-13(16)7-14(17)19-4/h5-6H,7-8H2,1-4H3,(H,15,16). The maximum Gasteiger partial charge on any atom is 0.315 e. The van der Waals surface area contributed by atoms with E-state index in [1.165, 1.54) is 7.11 Å². The molecule has 19 heavy (non-hydrogen) atoms. The second kappa shape index (κ2) is 6.78. The van der Waals surface area contributed by atoms with Crippen LogP contribution in [0, 0.1) is 13.8 Å². The summed E-state index contributed by atoms with van der Waals surface area (Å²) in [5.74, 6) is -0.0676. The summed E-state index contributed by atoms with van der Waals surface area (Å²) < 4.78 is 9.65. The minimum Gasteiger partial charge on any atom is -0.496 e. The average molecular weight is 265 g/mol. The van der Waals surface area contributed by atoms with E-state index in [4.69, 9.17) is 4.74 Å². The molecule has 0 saturated heterocycles. The molecule has 104 valence electrons. The number of carbonyl (C=O) groups excluding carboxylic acids is 2. The molecule has 0 radical (unpaired) electrons. The Hall–Kier alpha value is -2.04. The van der Waals surface area contributed by atoms with E-state index >= 15 is 0 Å². The molecule has 0 fully saturated rings. The molecule has 0 aliphatic carbocycles. The largest absolute Gasteiger partial charge is 0.496 e. The van der Waals surface area contributed by atoms with E-state index < -0.39 is 5.97 Å². The third-order valence-corrected chi connectivity index (χ3v) is 2.86. The number of hydrogen-bond acceptors (Lipinski definition) is 4. The van der Waals surface area contributed by atoms with Crippen molar-refractivity contribution >= 4 is 11.9 Å². The van der Waals surface area contributed by atoms with E-state index in [0.29, 0.717) is 6.54 Å². The smallest absolute Gasteiger partial charge is 0.315 e. The van der Waals surface area contributed by atoms with Gasteiger partial charge in [0.15, 0.2) is 0 Å². The number of hydrogen-bond donors (Lipinski definition) is 1. The van der Waals surface area contributed by atoms with E-state index in [9.17, 15) is 9.59 Å². The topological polar surface area (TPSA) is 64.6 Å². The van der Waals surface area contributed by atoms with Crippen LogP contribution in [0.25, 0.3) is 0 Å². The SMILES string of the molecule is COC(=O)CC(=O)NCc1cc(C)c(OC)cc1C. The highest BCUT2D eigenvalue weighted by Crippen LogP contribution is 2.22. The van der Waals surface area contributed by atoms with E-state index in [1.54, 1.807) is 7.11 Å². The molecule has 1 N–H and O–H groups in total. The summed E-state index contributed by atoms with van der Waals surface area (Å²) in [7, 11) is 2.88. The molecular weight excluding hydrogens is 246 g/mol. The minimum absolute atomic E-state index is 0.259. The first-order valence-corrected chi connectivity index (χ1v) is 5.95. The molecule has 1 aromatic carbocycles. The fraction of sp³-hybridized carbons (Fsp3) is 0.429. The Kier molecular flexibility index (Phi) is 5.36. The first-order chi connectivity index (χ1) is 8.97. The van der Waals surface area contributed by atoms with Crippen molar-refractivity contribution in [2.45, 2.75) is 26.8 Å². The lowest BCUT2D eigenvalue weighted by Crippen LogP contribution is -2.26. The summed E-state index contributed by atoms with van der Waals surface area (Å²) in [6.45, 7) is 4.27. The number of carbonyl (C=O) groups is 2. The molecule has 0 aliphatic heterocycles. The van der Waals surface area contributed by atoms with Crippen LogP contribution in [0.4, 0.5) is 0 Å². The van der Waals surface area contributed by atoms with Crippen molar-refractivity contribution in [2.24, 2.45) is 0 Å². The predicted octanol–water partition coefficient (Wildman–Crippen LogP) is 1.49. The van der Waals surface area contributed by atoms with Gasteiger partial charge in [-0.25, -0.2) is 0 Å². The van der Waals surface area contributed by atoms with Crippen molar-refractivity contribution in [2.75, 3.05) is 14.2 Å². The van der Waals surface area contributed by atoms with E-state index in [2.05, 4.69) is 10.1 Å². The van der Waals surface area contributed by atoms with Crippen LogP contribution in [0.15, 0.2) is 12.1 Å². The maximum atomic E-state index is 11.5. The summed E-state index contributed by atoms with van der Waals surface area (Å²) >= 11 is 0. The van der Waals surface area contributed by atoms with Gasteiger partial charge in [-0.15, -0.1) is 0 Å². The number of esters is 1. The molecular formula is C14H19NO4. The van der Waals surface area contributed by atoms with Gasteiger partial charge in [-0.05, 0) is 36.6 Å². The lowest BCUT2D eigenvalue weighted by molar-refractivity contribution is -0.143. The lowest BCUT2D eigenvalue weighted by atomic mass is 10.0. The first kappa shape index (κ1) is 15.0. The molecule has 5 nitrogen and oxygen atoms in total. The zero-order valence-electron chi connectivity index (χ0n) is 11.7. The van der Waals surface area contributed by atoms with Gasteiger partial charge in [-0.1, -0.05) is 6.07 Å². The highest BCUT2D eigenvalue weighted by atomic mass is 16.5. The molecule has 0 saturated carbocycles. The van der Waals surface area contributed by atoms with Crippen LogP contribution in [-0.4, -0.2) is 26.1 Å². The van der Waals surface area contributed by atoms with Gasteiger partial charge in [-0.3, -0.25) is 9.59 Å². The molecule has 1 rings (SSSR count). The van der Waals surface area contributed by atoms with Crippen molar-refractivity contribution in [1.29, 1.82) is 0 Å². The normalized spacial score (nSPS) is 9.89. The van der Waals surface area contributed by atoms with E-state index in [1.807, 2.05) is 26.0 Å². The fourth-order valence-corrected chi connectivity index (χ4v) is 1.72. The predicted molar refractivity (Wildman–Crippen MR) is 70.9 cm³/mol. The Morgan fingerprint density at radius 1 is 1.16 bits per heavy atom. The lowest BCUT2D eigenvalue weighted by Gasteiger charge is -2.12. The number of nitrogens with one attached hydrogen (secondary N) is 1. The zero-order valence-corrected chi connectivity index (χ0v) is 11.7. The molecule has 1 amide bonds. The Morgan fingerprint density at radius 3 is 2.42 bits per heavy atom. The van der Waals surface area contributed by atoms with Crippen molar-refractivity contribution < 1.29 is 19.1 Å². The number of aryl methyl sites for hydroxylation is 2. The van der Waals surface area contributed by atoms with Crippen LogP contribution in [0.2, 0.25) is 0 Å². The van der Waals surface area contributed by atoms with Crippen molar-refractivity contribution in [3.8, 4) is 5.75 Å². The minimum atomic E-state index is -0.542. The van der Waals surface area contributed by atoms with Crippen LogP contribution in [0.5, 0.6) is 5.75 Å². The summed E-state index contributed by atoms with van der Waals surface area (Å²) in [6, 6.07) is 3.89. The Balaban J connectivity index is 2.65. The van der Waals surface area contributed by atoms with Crippen molar-refractivity contribution in [3.05, 3.63) is 28.8 Å². The molecule has 1 aromatic rings. The maximum absolute atomic E-state index is 11.5. The van der Waals surface area contributed by atoms with Crippen molar-refractivity contribution in [3.63, 3.8) is 0 Å². The zero-order chi connectivity index (χ0) is 14.4. The molecule has 0 aliphatic rings. The van der Waals surface area contributed by atoms with Crippen molar-refractivity contribution in [1.82, 2.24) is 5.32 Å². The highest BCUT2D eigenvalue weighted by Gasteiger charge is 2.10. The molecule has 0 heterocycles. The van der Waals surface area contributed by atoms with Gasteiger partial charge in [-0.2, -0.15) is 0 Å². The third kappa shape index (κ3) is 4.28. The molecule has 0 bridgehead atoms. The molecule has 0 unspecified atom stereocenters. The van der Waals surface area contributed by atoms with Gasteiger partial charge in [0.1, 0.15) is 12.2 Å². The van der Waals surface area contributed by atoms with E-state index in [0.717, 1.165) is 22.4 Å². The van der Waals surface area contributed by atoms with Gasteiger partial charge >= 0.3 is 5.97 Å². The van der Waals surface area contributed by atoms with Gasteiger partial charge in [0.2, 0.25) is 5.91 Å². The third-order valence-electron chi connectivity index (χ3n) is 2.86. The number of methoxy groups -OCH3 is 2. The average Bonchev–Trinajstić information content (AvgIpc) is 2.39. The molecule has 0 spiro atoms. The Labute approximate surface area is 112 Å². The highest BCUT2D eigenvalue weighted by molar-refractivity contribution is 5.94. The number of benzene rings is 1. The fourth-order valence-electron chi connectivity index (χ4n) is 1.72. The van der Waals surface area contributed by atoms with Gasteiger partial charge in [0, 0.05) is 6.54 Å². The summed E-state index contributed by atoms with van der Waals surface area (Å²) in [4.78, 5) is 22.4. The quantitative estimate of drug-likeness (QED) is 0.647. The summed E-state index contributed by atoms with van der Waals surface area (Å²) in [5, 5.41) is 2.69. The second-order valence-electron chi connectivity index (χ2n) is 4.28. The van der Waals surface area contributed by atoms with Gasteiger partial charge in [0.05, 0.1) is 14.2 Å².